The summed E-state index contributed by atoms with van der Waals surface area (Å²) in [5, 5.41) is 0.943. The molecule has 0 saturated carbocycles. The summed E-state index contributed by atoms with van der Waals surface area (Å²) in [5.74, 6) is 0.173. The van der Waals surface area contributed by atoms with E-state index < -0.39 is 0 Å². The molecule has 3 nitrogen and oxygen atoms in total. The van der Waals surface area contributed by atoms with Gasteiger partial charge in [0.2, 0.25) is 5.78 Å². The molecule has 3 heteroatoms. The van der Waals surface area contributed by atoms with Crippen LogP contribution in [0.25, 0.3) is 11.0 Å². The molecule has 0 bridgehead atoms. The van der Waals surface area contributed by atoms with Gasteiger partial charge in [-0.15, -0.1) is 0 Å². The number of hydrogen-bond acceptors (Lipinski definition) is 3. The number of aromatic nitrogens is 1. The molecule has 0 radical (unpaired) electrons. The first-order chi connectivity index (χ1) is 9.56. The van der Waals surface area contributed by atoms with Crippen LogP contribution in [0, 0.1) is 20.8 Å². The predicted octanol–water partition coefficient (Wildman–Crippen LogP) is 3.98. The molecule has 0 aliphatic heterocycles. The minimum absolute atomic E-state index is 0.168. The smallest absolute Gasteiger partial charge is 0.246 e. The first-order valence-corrected chi connectivity index (χ1v) is 6.53. The second-order valence-corrected chi connectivity index (χ2v) is 5.11. The quantitative estimate of drug-likeness (QED) is 0.658. The Morgan fingerprint density at radius 1 is 1.10 bits per heavy atom. The van der Waals surface area contributed by atoms with E-state index in [1.807, 2.05) is 45.0 Å². The van der Waals surface area contributed by atoms with Crippen molar-refractivity contribution in [2.24, 2.45) is 0 Å². The Kier molecular flexibility index (Phi) is 2.90. The molecule has 2 heterocycles. The second-order valence-electron chi connectivity index (χ2n) is 5.11. The number of nitrogens with zero attached hydrogens (tertiary/aromatic N) is 1. The van der Waals surface area contributed by atoms with Crippen LogP contribution in [0.4, 0.5) is 0 Å². The molecule has 0 spiro atoms. The maximum Gasteiger partial charge on any atom is 0.246 e. The summed E-state index contributed by atoms with van der Waals surface area (Å²) in [6.07, 6.45) is 1.70. The van der Waals surface area contributed by atoms with Gasteiger partial charge in [0.1, 0.15) is 11.3 Å². The van der Waals surface area contributed by atoms with Gasteiger partial charge in [0.15, 0.2) is 5.76 Å². The van der Waals surface area contributed by atoms with Crippen LogP contribution in [0.1, 0.15) is 32.9 Å². The number of carbonyl (C=O) groups excluding carboxylic acids is 1. The van der Waals surface area contributed by atoms with Crippen molar-refractivity contribution < 1.29 is 9.21 Å². The fourth-order valence-corrected chi connectivity index (χ4v) is 2.39. The second kappa shape index (κ2) is 4.60. The van der Waals surface area contributed by atoms with E-state index >= 15 is 0 Å². The van der Waals surface area contributed by atoms with Crippen molar-refractivity contribution >= 4 is 16.8 Å². The number of rotatable bonds is 2. The SMILES string of the molecule is Cc1cnc(C(=O)c2cc3cccc(C)c3o2)c(C)c1. The lowest BCUT2D eigenvalue weighted by atomic mass is 10.1. The van der Waals surface area contributed by atoms with Crippen LogP contribution in [-0.2, 0) is 0 Å². The highest BCUT2D eigenvalue weighted by Gasteiger charge is 2.18. The maximum absolute atomic E-state index is 12.5. The van der Waals surface area contributed by atoms with E-state index in [-0.39, 0.29) is 5.78 Å². The van der Waals surface area contributed by atoms with Crippen LogP contribution in [-0.4, -0.2) is 10.8 Å². The van der Waals surface area contributed by atoms with Gasteiger partial charge in [-0.2, -0.15) is 0 Å². The molecule has 0 saturated heterocycles. The molecular formula is C17H15NO2. The van der Waals surface area contributed by atoms with E-state index in [2.05, 4.69) is 4.98 Å². The minimum Gasteiger partial charge on any atom is -0.452 e. The molecule has 1 aromatic carbocycles. The Balaban J connectivity index is 2.10. The highest BCUT2D eigenvalue weighted by molar-refractivity contribution is 6.08. The van der Waals surface area contributed by atoms with E-state index in [0.29, 0.717) is 11.5 Å². The summed E-state index contributed by atoms with van der Waals surface area (Å²) >= 11 is 0. The van der Waals surface area contributed by atoms with Gasteiger partial charge < -0.3 is 4.42 Å². The van der Waals surface area contributed by atoms with Crippen molar-refractivity contribution in [3.8, 4) is 0 Å². The van der Waals surface area contributed by atoms with E-state index in [1.165, 1.54) is 0 Å². The van der Waals surface area contributed by atoms with Gasteiger partial charge in [0.05, 0.1) is 0 Å². The lowest BCUT2D eigenvalue weighted by molar-refractivity contribution is 0.101. The van der Waals surface area contributed by atoms with Crippen molar-refractivity contribution in [2.45, 2.75) is 20.8 Å². The van der Waals surface area contributed by atoms with Gasteiger partial charge in [-0.1, -0.05) is 24.3 Å². The lowest BCUT2D eigenvalue weighted by Crippen LogP contribution is -2.05. The number of carbonyl (C=O) groups is 1. The molecule has 0 N–H and O–H groups in total. The normalized spacial score (nSPS) is 10.9. The molecule has 0 atom stereocenters. The largest absolute Gasteiger partial charge is 0.452 e. The van der Waals surface area contributed by atoms with Crippen LogP contribution < -0.4 is 0 Å². The zero-order valence-corrected chi connectivity index (χ0v) is 11.7. The lowest BCUT2D eigenvalue weighted by Gasteiger charge is -2.02. The molecule has 0 aliphatic carbocycles. The summed E-state index contributed by atoms with van der Waals surface area (Å²) < 4.78 is 5.71. The molecule has 0 unspecified atom stereocenters. The zero-order chi connectivity index (χ0) is 14.3. The third-order valence-electron chi connectivity index (χ3n) is 3.39. The molecular weight excluding hydrogens is 250 g/mol. The number of aryl methyl sites for hydroxylation is 3. The summed E-state index contributed by atoms with van der Waals surface area (Å²) in [4.78, 5) is 16.7. The van der Waals surface area contributed by atoms with Gasteiger partial charge in [-0.3, -0.25) is 9.78 Å². The number of benzene rings is 1. The fraction of sp³-hybridized carbons (Fsp3) is 0.176. The van der Waals surface area contributed by atoms with Crippen molar-refractivity contribution in [3.63, 3.8) is 0 Å². The molecule has 20 heavy (non-hydrogen) atoms. The summed E-state index contributed by atoms with van der Waals surface area (Å²) in [5.41, 5.74) is 4.15. The number of fused-ring (bicyclic) bond motifs is 1. The summed E-state index contributed by atoms with van der Waals surface area (Å²) in [6.45, 7) is 5.81. The Bertz CT molecular complexity index is 815. The topological polar surface area (TPSA) is 43.1 Å². The summed E-state index contributed by atoms with van der Waals surface area (Å²) in [7, 11) is 0. The number of pyridine rings is 1. The molecule has 0 fully saturated rings. The molecule has 2 aromatic heterocycles. The fourth-order valence-electron chi connectivity index (χ4n) is 2.39. The Labute approximate surface area is 117 Å². The molecule has 0 amide bonds. The van der Waals surface area contributed by atoms with E-state index in [1.54, 1.807) is 12.3 Å². The number of para-hydroxylation sites is 1. The zero-order valence-electron chi connectivity index (χ0n) is 11.7. The highest BCUT2D eigenvalue weighted by atomic mass is 16.3. The van der Waals surface area contributed by atoms with Gasteiger partial charge in [0.25, 0.3) is 0 Å². The molecule has 3 rings (SSSR count). The van der Waals surface area contributed by atoms with Gasteiger partial charge in [-0.05, 0) is 43.5 Å². The van der Waals surface area contributed by atoms with E-state index in [0.717, 1.165) is 27.7 Å². The van der Waals surface area contributed by atoms with Gasteiger partial charge in [0, 0.05) is 11.6 Å². The Morgan fingerprint density at radius 3 is 2.60 bits per heavy atom. The predicted molar refractivity (Wildman–Crippen MR) is 78.1 cm³/mol. The number of furan rings is 1. The third-order valence-corrected chi connectivity index (χ3v) is 3.39. The Morgan fingerprint density at radius 2 is 1.90 bits per heavy atom. The highest BCUT2D eigenvalue weighted by Crippen LogP contribution is 2.24. The van der Waals surface area contributed by atoms with Crippen LogP contribution in [0.5, 0.6) is 0 Å². The van der Waals surface area contributed by atoms with Crippen molar-refractivity contribution in [2.75, 3.05) is 0 Å². The first kappa shape index (κ1) is 12.6. The van der Waals surface area contributed by atoms with Crippen LogP contribution in [0.3, 0.4) is 0 Å². The van der Waals surface area contributed by atoms with Crippen LogP contribution in [0.2, 0.25) is 0 Å². The molecule has 100 valence electrons. The third kappa shape index (κ3) is 2.01. The maximum atomic E-state index is 12.5. The van der Waals surface area contributed by atoms with Crippen LogP contribution >= 0.6 is 0 Å². The monoisotopic (exact) mass is 265 g/mol. The van der Waals surface area contributed by atoms with E-state index in [4.69, 9.17) is 4.42 Å². The van der Waals surface area contributed by atoms with Crippen molar-refractivity contribution in [1.29, 1.82) is 0 Å². The van der Waals surface area contributed by atoms with Crippen molar-refractivity contribution in [3.05, 3.63) is 64.7 Å². The standard InChI is InChI=1S/C17H15NO2/c1-10-7-12(3)15(18-9-10)16(19)14-8-13-6-4-5-11(2)17(13)20-14/h4-9H,1-3H3. The minimum atomic E-state index is -0.168. The Hall–Kier alpha value is -2.42. The van der Waals surface area contributed by atoms with Gasteiger partial charge in [-0.25, -0.2) is 0 Å². The number of ketones is 1. The number of hydrogen-bond donors (Lipinski definition) is 0. The average Bonchev–Trinajstić information content (AvgIpc) is 2.83. The van der Waals surface area contributed by atoms with E-state index in [9.17, 15) is 4.79 Å². The molecule has 0 aliphatic rings. The van der Waals surface area contributed by atoms with Gasteiger partial charge >= 0.3 is 0 Å². The summed E-state index contributed by atoms with van der Waals surface area (Å²) in [6, 6.07) is 9.60. The molecule has 3 aromatic rings. The van der Waals surface area contributed by atoms with Crippen molar-refractivity contribution in [1.82, 2.24) is 4.98 Å². The first-order valence-electron chi connectivity index (χ1n) is 6.53. The van der Waals surface area contributed by atoms with Crippen LogP contribution in [0.15, 0.2) is 40.9 Å². The average molecular weight is 265 g/mol.